The number of carbonyl (C=O) groups excluding carboxylic acids is 1. The first-order valence-corrected chi connectivity index (χ1v) is 7.01. The SMILES string of the molecule is CSc1ccc(C(=O)c2cnc(C)nc2C(=O)O)cc1. The van der Waals surface area contributed by atoms with Gasteiger partial charge in [0.25, 0.3) is 0 Å². The van der Waals surface area contributed by atoms with E-state index in [0.29, 0.717) is 11.4 Å². The van der Waals surface area contributed by atoms with Gasteiger partial charge < -0.3 is 5.11 Å². The predicted octanol–water partition coefficient (Wildman–Crippen LogP) is 2.44. The highest BCUT2D eigenvalue weighted by Crippen LogP contribution is 2.18. The lowest BCUT2D eigenvalue weighted by Gasteiger charge is -2.05. The normalized spacial score (nSPS) is 10.3. The summed E-state index contributed by atoms with van der Waals surface area (Å²) in [5, 5.41) is 9.12. The molecular weight excluding hydrogens is 276 g/mol. The smallest absolute Gasteiger partial charge is 0.355 e. The van der Waals surface area contributed by atoms with Crippen molar-refractivity contribution in [2.24, 2.45) is 0 Å². The summed E-state index contributed by atoms with van der Waals surface area (Å²) in [6.07, 6.45) is 3.20. The molecule has 0 aliphatic heterocycles. The van der Waals surface area contributed by atoms with Crippen LogP contribution in [0.2, 0.25) is 0 Å². The van der Waals surface area contributed by atoms with Crippen LogP contribution in [0.3, 0.4) is 0 Å². The molecule has 0 radical (unpaired) electrons. The van der Waals surface area contributed by atoms with Gasteiger partial charge in [0.05, 0.1) is 5.56 Å². The number of carboxylic acids is 1. The minimum absolute atomic E-state index is 0.00000142. The van der Waals surface area contributed by atoms with E-state index in [0.717, 1.165) is 4.90 Å². The Bertz CT molecular complexity index is 669. The number of aromatic carboxylic acids is 1. The molecule has 0 saturated heterocycles. The van der Waals surface area contributed by atoms with Gasteiger partial charge in [-0.1, -0.05) is 0 Å². The monoisotopic (exact) mass is 288 g/mol. The number of carbonyl (C=O) groups is 2. The van der Waals surface area contributed by atoms with E-state index in [2.05, 4.69) is 9.97 Å². The summed E-state index contributed by atoms with van der Waals surface area (Å²) in [4.78, 5) is 32.2. The summed E-state index contributed by atoms with van der Waals surface area (Å²) in [5.41, 5.74) is 0.147. The quantitative estimate of drug-likeness (QED) is 0.687. The fraction of sp³-hybridized carbons (Fsp3) is 0.143. The van der Waals surface area contributed by atoms with Crippen LogP contribution >= 0.6 is 11.8 Å². The van der Waals surface area contributed by atoms with Gasteiger partial charge in [0, 0.05) is 16.7 Å². The average molecular weight is 288 g/mol. The molecule has 0 saturated carbocycles. The van der Waals surface area contributed by atoms with Crippen molar-refractivity contribution in [3.63, 3.8) is 0 Å². The van der Waals surface area contributed by atoms with Crippen molar-refractivity contribution < 1.29 is 14.7 Å². The van der Waals surface area contributed by atoms with Crippen LogP contribution in [0.15, 0.2) is 35.4 Å². The molecule has 1 N–H and O–H groups in total. The van der Waals surface area contributed by atoms with E-state index in [1.165, 1.54) is 6.20 Å². The Morgan fingerprint density at radius 3 is 2.40 bits per heavy atom. The highest BCUT2D eigenvalue weighted by Gasteiger charge is 2.20. The molecule has 20 heavy (non-hydrogen) atoms. The van der Waals surface area contributed by atoms with E-state index in [9.17, 15) is 9.59 Å². The third kappa shape index (κ3) is 2.85. The predicted molar refractivity (Wildman–Crippen MR) is 75.4 cm³/mol. The van der Waals surface area contributed by atoms with Gasteiger partial charge in [0.1, 0.15) is 5.82 Å². The van der Waals surface area contributed by atoms with Crippen molar-refractivity contribution in [3.05, 3.63) is 53.1 Å². The van der Waals surface area contributed by atoms with Crippen LogP contribution in [0, 0.1) is 6.92 Å². The molecule has 0 aliphatic carbocycles. The van der Waals surface area contributed by atoms with Crippen LogP contribution in [0.5, 0.6) is 0 Å². The molecule has 6 heteroatoms. The Labute approximate surface area is 120 Å². The largest absolute Gasteiger partial charge is 0.476 e. The maximum Gasteiger partial charge on any atom is 0.355 e. The number of hydrogen-bond acceptors (Lipinski definition) is 5. The van der Waals surface area contributed by atoms with Crippen molar-refractivity contribution in [3.8, 4) is 0 Å². The first kappa shape index (κ1) is 14.2. The van der Waals surface area contributed by atoms with Crippen molar-refractivity contribution in [2.45, 2.75) is 11.8 Å². The number of thioether (sulfide) groups is 1. The van der Waals surface area contributed by atoms with E-state index >= 15 is 0 Å². The Hall–Kier alpha value is -2.21. The number of rotatable bonds is 4. The molecule has 0 amide bonds. The summed E-state index contributed by atoms with van der Waals surface area (Å²) in [6, 6.07) is 6.96. The maximum atomic E-state index is 12.3. The van der Waals surface area contributed by atoms with E-state index in [-0.39, 0.29) is 11.3 Å². The number of hydrogen-bond donors (Lipinski definition) is 1. The highest BCUT2D eigenvalue weighted by molar-refractivity contribution is 7.98. The number of carboxylic acid groups (broad SMARTS) is 1. The van der Waals surface area contributed by atoms with Crippen LogP contribution in [0.4, 0.5) is 0 Å². The lowest BCUT2D eigenvalue weighted by atomic mass is 10.0. The minimum atomic E-state index is -1.24. The van der Waals surface area contributed by atoms with Crippen molar-refractivity contribution in [1.29, 1.82) is 0 Å². The number of nitrogens with zero attached hydrogens (tertiary/aromatic N) is 2. The molecule has 102 valence electrons. The zero-order valence-corrected chi connectivity index (χ0v) is 11.8. The topological polar surface area (TPSA) is 80.2 Å². The van der Waals surface area contributed by atoms with E-state index in [1.807, 2.05) is 18.4 Å². The lowest BCUT2D eigenvalue weighted by Crippen LogP contribution is -2.13. The van der Waals surface area contributed by atoms with Crippen molar-refractivity contribution >= 4 is 23.5 Å². The van der Waals surface area contributed by atoms with E-state index in [4.69, 9.17) is 5.11 Å². The molecule has 2 rings (SSSR count). The Morgan fingerprint density at radius 1 is 1.20 bits per heavy atom. The molecule has 5 nitrogen and oxygen atoms in total. The zero-order chi connectivity index (χ0) is 14.7. The molecule has 1 heterocycles. The van der Waals surface area contributed by atoms with Gasteiger partial charge in [0.2, 0.25) is 0 Å². The molecule has 0 fully saturated rings. The standard InChI is InChI=1S/C14H12N2O3S/c1-8-15-7-11(12(16-8)14(18)19)13(17)9-3-5-10(20-2)6-4-9/h3-7H,1-2H3,(H,18,19). The van der Waals surface area contributed by atoms with Gasteiger partial charge >= 0.3 is 5.97 Å². The highest BCUT2D eigenvalue weighted by atomic mass is 32.2. The number of benzene rings is 1. The first-order valence-electron chi connectivity index (χ1n) is 5.78. The fourth-order valence-electron chi connectivity index (χ4n) is 1.70. The summed E-state index contributed by atoms with van der Waals surface area (Å²) < 4.78 is 0. The second kappa shape index (κ2) is 5.83. The van der Waals surface area contributed by atoms with Crippen molar-refractivity contribution in [1.82, 2.24) is 9.97 Å². The second-order valence-corrected chi connectivity index (χ2v) is 4.92. The minimum Gasteiger partial charge on any atom is -0.476 e. The van der Waals surface area contributed by atoms with E-state index in [1.54, 1.807) is 30.8 Å². The van der Waals surface area contributed by atoms with Crippen LogP contribution in [-0.2, 0) is 0 Å². The van der Waals surface area contributed by atoms with Crippen LogP contribution in [0.25, 0.3) is 0 Å². The number of aryl methyl sites for hydroxylation is 1. The third-order valence-electron chi connectivity index (χ3n) is 2.71. The first-order chi connectivity index (χ1) is 9.52. The Balaban J connectivity index is 2.44. The van der Waals surface area contributed by atoms with E-state index < -0.39 is 11.8 Å². The van der Waals surface area contributed by atoms with Crippen molar-refractivity contribution in [2.75, 3.05) is 6.26 Å². The third-order valence-corrected chi connectivity index (χ3v) is 3.45. The fourth-order valence-corrected chi connectivity index (χ4v) is 2.11. The molecule has 1 aromatic heterocycles. The maximum absolute atomic E-state index is 12.3. The summed E-state index contributed by atoms with van der Waals surface area (Å²) in [7, 11) is 0. The molecule has 0 unspecified atom stereocenters. The molecule has 1 aromatic carbocycles. The number of aromatic nitrogens is 2. The Morgan fingerprint density at radius 2 is 1.85 bits per heavy atom. The van der Waals surface area contributed by atoms with Crippen LogP contribution in [-0.4, -0.2) is 33.1 Å². The molecular formula is C14H12N2O3S. The van der Waals surface area contributed by atoms with Crippen LogP contribution in [0.1, 0.15) is 32.2 Å². The summed E-state index contributed by atoms with van der Waals surface area (Å²) >= 11 is 1.56. The molecule has 0 atom stereocenters. The molecule has 2 aromatic rings. The Kier molecular flexibility index (Phi) is 4.14. The molecule has 0 aliphatic rings. The van der Waals surface area contributed by atoms with Gasteiger partial charge in [-0.2, -0.15) is 0 Å². The zero-order valence-electron chi connectivity index (χ0n) is 11.0. The van der Waals surface area contributed by atoms with Crippen LogP contribution < -0.4 is 0 Å². The molecule has 0 spiro atoms. The summed E-state index contributed by atoms with van der Waals surface area (Å²) in [5.74, 6) is -1.31. The lowest BCUT2D eigenvalue weighted by molar-refractivity contribution is 0.0685. The van der Waals surface area contributed by atoms with Gasteiger partial charge in [-0.3, -0.25) is 4.79 Å². The second-order valence-electron chi connectivity index (χ2n) is 4.04. The summed E-state index contributed by atoms with van der Waals surface area (Å²) in [6.45, 7) is 1.58. The molecule has 0 bridgehead atoms. The van der Waals surface area contributed by atoms with Gasteiger partial charge in [-0.15, -0.1) is 11.8 Å². The van der Waals surface area contributed by atoms with Gasteiger partial charge in [0.15, 0.2) is 11.5 Å². The van der Waals surface area contributed by atoms with Gasteiger partial charge in [-0.25, -0.2) is 14.8 Å². The van der Waals surface area contributed by atoms with Gasteiger partial charge in [-0.05, 0) is 37.4 Å². The number of ketones is 1. The average Bonchev–Trinajstić information content (AvgIpc) is 2.46.